The van der Waals surface area contributed by atoms with Crippen LogP contribution in [0.3, 0.4) is 0 Å². The molecule has 10 nitrogen and oxygen atoms in total. The summed E-state index contributed by atoms with van der Waals surface area (Å²) >= 11 is 14.0. The molecule has 1 aromatic heterocycles. The second-order valence-corrected chi connectivity index (χ2v) is 14.0. The molecule has 2 aliphatic rings. The molecule has 0 bridgehead atoms. The van der Waals surface area contributed by atoms with Crippen molar-refractivity contribution in [2.24, 2.45) is 5.16 Å². The van der Waals surface area contributed by atoms with Gasteiger partial charge in [0.2, 0.25) is 0 Å². The van der Waals surface area contributed by atoms with Crippen molar-refractivity contribution in [3.63, 3.8) is 0 Å². The second kappa shape index (κ2) is 18.2. The van der Waals surface area contributed by atoms with Crippen LogP contribution in [-0.4, -0.2) is 49.4 Å². The van der Waals surface area contributed by atoms with Gasteiger partial charge in [0.05, 0.1) is 22.0 Å². The molecule has 0 saturated heterocycles. The van der Waals surface area contributed by atoms with E-state index in [1.54, 1.807) is 41.3 Å². The average molecular weight is 733 g/mol. The predicted octanol–water partition coefficient (Wildman–Crippen LogP) is -4.75. The van der Waals surface area contributed by atoms with Gasteiger partial charge < -0.3 is 29.5 Å². The van der Waals surface area contributed by atoms with E-state index in [-0.39, 0.29) is 117 Å². The number of oxime groups is 1. The smallest absolute Gasteiger partial charge is 0.859 e. The molecule has 2 heterocycles. The molecule has 17 heteroatoms. The number of halogens is 2. The van der Waals surface area contributed by atoms with Crippen molar-refractivity contribution in [1.82, 2.24) is 4.90 Å². The largest absolute Gasteiger partial charge is 1.00 e. The Hall–Kier alpha value is -0.160. The zero-order valence-electron chi connectivity index (χ0n) is 25.8. The minimum atomic E-state index is -3.74. The fourth-order valence-electron chi connectivity index (χ4n) is 5.82. The van der Waals surface area contributed by atoms with Crippen molar-refractivity contribution in [1.29, 1.82) is 0 Å². The first kappa shape index (κ1) is 42.0. The number of carboxylic acid groups (broad SMARTS) is 1. The number of amides is 1. The second-order valence-electron chi connectivity index (χ2n) is 10.4. The van der Waals surface area contributed by atoms with Crippen molar-refractivity contribution < 1.29 is 122 Å². The Bertz CT molecular complexity index is 1690. The van der Waals surface area contributed by atoms with Gasteiger partial charge in [0, 0.05) is 55.5 Å². The summed E-state index contributed by atoms with van der Waals surface area (Å²) in [5, 5.41) is 30.9. The van der Waals surface area contributed by atoms with Crippen LogP contribution in [0.2, 0.25) is 10.0 Å². The molecular weight excluding hydrogens is 706 g/mol. The van der Waals surface area contributed by atoms with Gasteiger partial charge in [-0.25, -0.2) is 8.42 Å². The Morgan fingerprint density at radius 3 is 2.41 bits per heavy atom. The normalized spacial score (nSPS) is 21.2. The topological polar surface area (TPSA) is 153 Å². The van der Waals surface area contributed by atoms with E-state index in [1.165, 1.54) is 17.5 Å². The number of benzene rings is 2. The van der Waals surface area contributed by atoms with Crippen LogP contribution in [0, 0.1) is 0 Å². The van der Waals surface area contributed by atoms with E-state index in [9.17, 15) is 28.2 Å². The van der Waals surface area contributed by atoms with Gasteiger partial charge in [-0.3, -0.25) is 4.79 Å². The number of aromatic carboxylic acids is 1. The summed E-state index contributed by atoms with van der Waals surface area (Å²) < 4.78 is 28.6. The van der Waals surface area contributed by atoms with Crippen LogP contribution in [0.1, 0.15) is 74.4 Å². The summed E-state index contributed by atoms with van der Waals surface area (Å²) in [7, 11) is -3.74. The van der Waals surface area contributed by atoms with E-state index in [1.807, 2.05) is 0 Å². The van der Waals surface area contributed by atoms with Crippen LogP contribution in [-0.2, 0) is 21.5 Å². The predicted molar refractivity (Wildman–Crippen MR) is 160 cm³/mol. The maximum Gasteiger partial charge on any atom is 1.00 e. The Balaban J connectivity index is 0.00000245. The molecule has 1 amide bonds. The molecule has 1 saturated carbocycles. The number of sulfonamides is 1. The molecule has 46 heavy (non-hydrogen) atoms. The zero-order chi connectivity index (χ0) is 30.9. The van der Waals surface area contributed by atoms with E-state index in [2.05, 4.69) is 9.88 Å². The van der Waals surface area contributed by atoms with Crippen molar-refractivity contribution >= 4 is 62.3 Å². The van der Waals surface area contributed by atoms with Crippen molar-refractivity contribution in [2.45, 2.75) is 56.3 Å². The fourth-order valence-corrected chi connectivity index (χ4v) is 7.84. The summed E-state index contributed by atoms with van der Waals surface area (Å²) in [4.78, 5) is 32.8. The zero-order valence-corrected chi connectivity index (χ0v) is 35.0. The van der Waals surface area contributed by atoms with Crippen molar-refractivity contribution in [3.8, 4) is 0 Å². The molecule has 3 aromatic rings. The molecule has 0 N–H and O–H groups in total. The van der Waals surface area contributed by atoms with Crippen LogP contribution < -0.4 is 98.9 Å². The number of thiophene rings is 1. The maximum atomic E-state index is 14.3. The van der Waals surface area contributed by atoms with Gasteiger partial charge in [0.1, 0.15) is 0 Å². The number of nitrogens with zero attached hydrogens (tertiary/aromatic N) is 3. The standard InChI is InChI=1S/C29H28Cl2N3O7S2.3Na/c1-43(39,40)33-23-8-4-5-9-24(23)34-26(21-11-10-17(30)13-22(21)31)25(19-6-2-3-7-20(19)28(34)36)27(35)32-41-14-18-12-16(15-42-18)29(37)38;;;/h2-3,6-7,10-13,15,23-26H,4-5,8-9,14H2,1H3,(H,32,35)(H,37,38);;;/q-1;3*+1/p-2/t23-,24-,25+,26-;;;/m1.../s1. The van der Waals surface area contributed by atoms with E-state index in [0.29, 0.717) is 33.9 Å². The molecular formula is C29H26Cl2N3Na3O7S2. The first-order chi connectivity index (χ1) is 20.4. The molecule has 4 atom stereocenters. The van der Waals surface area contributed by atoms with E-state index >= 15 is 0 Å². The minimum Gasteiger partial charge on any atom is -0.859 e. The first-order valence-electron chi connectivity index (χ1n) is 13.4. The van der Waals surface area contributed by atoms with Crippen molar-refractivity contribution in [3.05, 3.63) is 95.8 Å². The summed E-state index contributed by atoms with van der Waals surface area (Å²) in [5.74, 6) is -3.49. The van der Waals surface area contributed by atoms with Crippen LogP contribution in [0.5, 0.6) is 0 Å². The quantitative estimate of drug-likeness (QED) is 0.0928. The van der Waals surface area contributed by atoms with Gasteiger partial charge in [0.25, 0.3) is 5.91 Å². The molecule has 1 aliphatic heterocycles. The molecule has 1 aliphatic carbocycles. The van der Waals surface area contributed by atoms with Crippen LogP contribution in [0.25, 0.3) is 4.72 Å². The molecule has 5 rings (SSSR count). The molecule has 0 spiro atoms. The number of hydrogen-bond acceptors (Lipinski definition) is 9. The van der Waals surface area contributed by atoms with Gasteiger partial charge in [-0.1, -0.05) is 66.7 Å². The SMILES string of the molecule is CS(=O)(=O)[N-][C@@H]1CCCC[C@H]1N1C(=O)c2ccccc2[C@H](C([O-])=NOCc2cc(C(=O)[O-])cs2)[C@H]1c1ccc(Cl)cc1Cl.[Na+].[Na+].[Na+]. The number of carbonyl (C=O) groups is 2. The molecule has 2 aromatic carbocycles. The maximum absolute atomic E-state index is 14.3. The Morgan fingerprint density at radius 2 is 1.76 bits per heavy atom. The number of hydrogen-bond donors (Lipinski definition) is 0. The van der Waals surface area contributed by atoms with Gasteiger partial charge in [-0.05, 0) is 41.8 Å². The summed E-state index contributed by atoms with van der Waals surface area (Å²) in [6.07, 6.45) is 3.40. The first-order valence-corrected chi connectivity index (χ1v) is 16.9. The summed E-state index contributed by atoms with van der Waals surface area (Å²) in [5.41, 5.74) is 1.12. The van der Waals surface area contributed by atoms with Crippen LogP contribution >= 0.6 is 34.5 Å². The third kappa shape index (κ3) is 9.75. The molecule has 0 radical (unpaired) electrons. The minimum absolute atomic E-state index is 0. The Labute approximate surface area is 348 Å². The van der Waals surface area contributed by atoms with Gasteiger partial charge in [-0.2, -0.15) is 0 Å². The monoisotopic (exact) mass is 731 g/mol. The number of rotatable bonds is 9. The van der Waals surface area contributed by atoms with Gasteiger partial charge >= 0.3 is 88.7 Å². The third-order valence-electron chi connectivity index (χ3n) is 7.55. The van der Waals surface area contributed by atoms with Crippen LogP contribution in [0.15, 0.2) is 59.1 Å². The van der Waals surface area contributed by atoms with E-state index in [4.69, 9.17) is 28.0 Å². The Kier molecular flexibility index (Phi) is 16.6. The fraction of sp³-hybridized carbons (Fsp3) is 0.345. The molecule has 228 valence electrons. The number of carbonyl (C=O) groups excluding carboxylic acids is 2. The van der Waals surface area contributed by atoms with E-state index in [0.717, 1.165) is 30.4 Å². The summed E-state index contributed by atoms with van der Waals surface area (Å²) in [6.45, 7) is -0.162. The average Bonchev–Trinajstić information content (AvgIpc) is 3.42. The summed E-state index contributed by atoms with van der Waals surface area (Å²) in [6, 6.07) is 10.5. The molecule has 1 fully saturated rings. The van der Waals surface area contributed by atoms with Gasteiger partial charge in [-0.15, -0.1) is 22.5 Å². The molecule has 0 unspecified atom stereocenters. The number of fused-ring (bicyclic) bond motifs is 1. The number of carboxylic acids is 1. The van der Waals surface area contributed by atoms with Gasteiger partial charge in [0.15, 0.2) is 6.61 Å². The van der Waals surface area contributed by atoms with Crippen LogP contribution in [0.4, 0.5) is 0 Å². The third-order valence-corrected chi connectivity index (χ3v) is 9.68. The van der Waals surface area contributed by atoms with E-state index < -0.39 is 45.9 Å². The van der Waals surface area contributed by atoms with Crippen molar-refractivity contribution in [2.75, 3.05) is 6.26 Å². The Morgan fingerprint density at radius 1 is 1.07 bits per heavy atom.